The number of hydrogen-bond donors (Lipinski definition) is 2. The number of fused-ring (bicyclic) bond motifs is 1. The van der Waals surface area contributed by atoms with Gasteiger partial charge in [0.1, 0.15) is 0 Å². The first-order chi connectivity index (χ1) is 9.22. The first-order valence-electron chi connectivity index (χ1n) is 6.52. The number of rotatable bonds is 2. The van der Waals surface area contributed by atoms with Crippen LogP contribution < -0.4 is 10.9 Å². The van der Waals surface area contributed by atoms with Gasteiger partial charge >= 0.3 is 6.09 Å². The van der Waals surface area contributed by atoms with Crippen molar-refractivity contribution in [2.45, 2.75) is 32.1 Å². The summed E-state index contributed by atoms with van der Waals surface area (Å²) in [4.78, 5) is 23.2. The van der Waals surface area contributed by atoms with E-state index in [9.17, 15) is 9.59 Å². The van der Waals surface area contributed by atoms with E-state index in [-0.39, 0.29) is 18.4 Å². The average molecular weight is 262 g/mol. The van der Waals surface area contributed by atoms with Crippen molar-refractivity contribution in [3.63, 3.8) is 0 Å². The van der Waals surface area contributed by atoms with Crippen LogP contribution in [0, 0.1) is 0 Å². The van der Waals surface area contributed by atoms with Crippen molar-refractivity contribution in [1.29, 1.82) is 0 Å². The van der Waals surface area contributed by atoms with Gasteiger partial charge in [-0.05, 0) is 37.3 Å². The Balaban J connectivity index is 1.99. The van der Waals surface area contributed by atoms with Crippen LogP contribution in [0.15, 0.2) is 24.3 Å². The first kappa shape index (κ1) is 13.4. The number of ether oxygens (including phenoxy) is 1. The SMILES string of the molecule is CCOC(=O)NNC(=O)[C@@H]1CCCc2ccccc21. The van der Waals surface area contributed by atoms with Crippen molar-refractivity contribution in [3.8, 4) is 0 Å². The molecule has 0 aliphatic heterocycles. The van der Waals surface area contributed by atoms with E-state index in [1.165, 1.54) is 5.56 Å². The maximum absolute atomic E-state index is 12.1. The maximum atomic E-state index is 12.1. The van der Waals surface area contributed by atoms with Crippen LogP contribution in [0.3, 0.4) is 0 Å². The lowest BCUT2D eigenvalue weighted by Gasteiger charge is -2.24. The minimum Gasteiger partial charge on any atom is -0.449 e. The largest absolute Gasteiger partial charge is 0.449 e. The summed E-state index contributed by atoms with van der Waals surface area (Å²) in [6.07, 6.45) is 2.15. The lowest BCUT2D eigenvalue weighted by atomic mass is 9.82. The van der Waals surface area contributed by atoms with Crippen LogP contribution in [0.2, 0.25) is 0 Å². The summed E-state index contributed by atoms with van der Waals surface area (Å²) in [5.74, 6) is -0.396. The summed E-state index contributed by atoms with van der Waals surface area (Å²) < 4.78 is 4.68. The van der Waals surface area contributed by atoms with Gasteiger partial charge < -0.3 is 4.74 Å². The highest BCUT2D eigenvalue weighted by atomic mass is 16.5. The average Bonchev–Trinajstić information content (AvgIpc) is 2.44. The van der Waals surface area contributed by atoms with Crippen LogP contribution in [0.5, 0.6) is 0 Å². The number of hydrogen-bond acceptors (Lipinski definition) is 3. The minimum absolute atomic E-state index is 0.194. The molecule has 1 aliphatic rings. The fraction of sp³-hybridized carbons (Fsp3) is 0.429. The van der Waals surface area contributed by atoms with E-state index in [4.69, 9.17) is 0 Å². The third-order valence-corrected chi connectivity index (χ3v) is 3.25. The molecule has 2 rings (SSSR count). The number of amides is 2. The van der Waals surface area contributed by atoms with E-state index in [1.54, 1.807) is 6.92 Å². The molecule has 0 fully saturated rings. The summed E-state index contributed by atoms with van der Waals surface area (Å²) in [5, 5.41) is 0. The topological polar surface area (TPSA) is 67.4 Å². The normalized spacial score (nSPS) is 17.2. The summed E-state index contributed by atoms with van der Waals surface area (Å²) in [6, 6.07) is 7.94. The highest BCUT2D eigenvalue weighted by Crippen LogP contribution is 2.31. The summed E-state index contributed by atoms with van der Waals surface area (Å²) in [5.41, 5.74) is 6.93. The molecule has 5 nitrogen and oxygen atoms in total. The molecule has 0 heterocycles. The lowest BCUT2D eigenvalue weighted by molar-refractivity contribution is -0.123. The Morgan fingerprint density at radius 1 is 1.32 bits per heavy atom. The molecule has 5 heteroatoms. The van der Waals surface area contributed by atoms with Crippen molar-refractivity contribution in [2.75, 3.05) is 6.61 Å². The summed E-state index contributed by atoms with van der Waals surface area (Å²) in [6.45, 7) is 1.98. The zero-order valence-corrected chi connectivity index (χ0v) is 10.9. The number of nitrogens with one attached hydrogen (secondary N) is 2. The van der Waals surface area contributed by atoms with Crippen molar-refractivity contribution >= 4 is 12.0 Å². The van der Waals surface area contributed by atoms with Gasteiger partial charge in [-0.1, -0.05) is 24.3 Å². The molecule has 0 saturated carbocycles. The fourth-order valence-electron chi connectivity index (χ4n) is 2.39. The molecule has 0 saturated heterocycles. The molecule has 0 radical (unpaired) electrons. The van der Waals surface area contributed by atoms with Crippen LogP contribution in [-0.4, -0.2) is 18.6 Å². The second-order valence-electron chi connectivity index (χ2n) is 4.48. The maximum Gasteiger partial charge on any atom is 0.426 e. The van der Waals surface area contributed by atoms with Gasteiger partial charge in [-0.25, -0.2) is 10.2 Å². The van der Waals surface area contributed by atoms with Crippen molar-refractivity contribution < 1.29 is 14.3 Å². The smallest absolute Gasteiger partial charge is 0.426 e. The minimum atomic E-state index is -0.639. The van der Waals surface area contributed by atoms with Gasteiger partial charge in [0.2, 0.25) is 5.91 Å². The second-order valence-corrected chi connectivity index (χ2v) is 4.48. The Bertz CT molecular complexity index is 474. The van der Waals surface area contributed by atoms with E-state index in [1.807, 2.05) is 24.3 Å². The lowest BCUT2D eigenvalue weighted by Crippen LogP contribution is -2.44. The van der Waals surface area contributed by atoms with Gasteiger partial charge in [0.05, 0.1) is 12.5 Å². The Morgan fingerprint density at radius 2 is 2.11 bits per heavy atom. The second kappa shape index (κ2) is 6.22. The number of aryl methyl sites for hydroxylation is 1. The van der Waals surface area contributed by atoms with Gasteiger partial charge in [0.25, 0.3) is 0 Å². The Kier molecular flexibility index (Phi) is 4.39. The zero-order chi connectivity index (χ0) is 13.7. The fourth-order valence-corrected chi connectivity index (χ4v) is 2.39. The van der Waals surface area contributed by atoms with E-state index in [0.717, 1.165) is 24.8 Å². The number of carbonyl (C=O) groups excluding carboxylic acids is 2. The van der Waals surface area contributed by atoms with Crippen LogP contribution in [0.25, 0.3) is 0 Å². The molecule has 102 valence electrons. The van der Waals surface area contributed by atoms with Crippen LogP contribution >= 0.6 is 0 Å². The zero-order valence-electron chi connectivity index (χ0n) is 10.9. The monoisotopic (exact) mass is 262 g/mol. The third kappa shape index (κ3) is 3.24. The molecule has 1 aliphatic carbocycles. The highest BCUT2D eigenvalue weighted by molar-refractivity contribution is 5.85. The molecule has 2 amide bonds. The Hall–Kier alpha value is -2.04. The molecule has 1 aromatic rings. The van der Waals surface area contributed by atoms with Crippen LogP contribution in [0.4, 0.5) is 4.79 Å². The number of benzene rings is 1. The Labute approximate surface area is 112 Å². The number of carbonyl (C=O) groups is 2. The highest BCUT2D eigenvalue weighted by Gasteiger charge is 2.26. The van der Waals surface area contributed by atoms with Crippen LogP contribution in [0.1, 0.15) is 36.8 Å². The molecule has 0 unspecified atom stereocenters. The van der Waals surface area contributed by atoms with Gasteiger partial charge in [-0.2, -0.15) is 0 Å². The molecule has 19 heavy (non-hydrogen) atoms. The van der Waals surface area contributed by atoms with Crippen molar-refractivity contribution in [1.82, 2.24) is 10.9 Å². The third-order valence-electron chi connectivity index (χ3n) is 3.25. The van der Waals surface area contributed by atoms with E-state index in [2.05, 4.69) is 15.6 Å². The molecule has 0 aromatic heterocycles. The van der Waals surface area contributed by atoms with Crippen LogP contribution in [-0.2, 0) is 16.0 Å². The molecule has 2 N–H and O–H groups in total. The Morgan fingerprint density at radius 3 is 2.89 bits per heavy atom. The van der Waals surface area contributed by atoms with Crippen molar-refractivity contribution in [2.24, 2.45) is 0 Å². The number of hydrazine groups is 1. The van der Waals surface area contributed by atoms with Crippen molar-refractivity contribution in [3.05, 3.63) is 35.4 Å². The van der Waals surface area contributed by atoms with Gasteiger partial charge in [-0.3, -0.25) is 10.2 Å². The quantitative estimate of drug-likeness (QED) is 0.800. The molecular weight excluding hydrogens is 244 g/mol. The van der Waals surface area contributed by atoms with E-state index < -0.39 is 6.09 Å². The predicted octanol–water partition coefficient (Wildman–Crippen LogP) is 1.88. The summed E-state index contributed by atoms with van der Waals surface area (Å²) in [7, 11) is 0. The van der Waals surface area contributed by atoms with Gasteiger partial charge in [0, 0.05) is 0 Å². The molecule has 0 bridgehead atoms. The van der Waals surface area contributed by atoms with Gasteiger partial charge in [0.15, 0.2) is 0 Å². The summed E-state index contributed by atoms with van der Waals surface area (Å²) >= 11 is 0. The molecule has 1 atom stereocenters. The van der Waals surface area contributed by atoms with Gasteiger partial charge in [-0.15, -0.1) is 0 Å². The molecule has 1 aromatic carbocycles. The predicted molar refractivity (Wildman–Crippen MR) is 70.4 cm³/mol. The molecular formula is C14H18N2O3. The molecule has 0 spiro atoms. The van der Waals surface area contributed by atoms with E-state index >= 15 is 0 Å². The first-order valence-corrected chi connectivity index (χ1v) is 6.52. The standard InChI is InChI=1S/C14H18N2O3/c1-2-19-14(18)16-15-13(17)12-9-5-7-10-6-3-4-8-11(10)12/h3-4,6,8,12H,2,5,7,9H2,1H3,(H,15,17)(H,16,18)/t12-/m1/s1. The van der Waals surface area contributed by atoms with E-state index in [0.29, 0.717) is 0 Å².